The monoisotopic (exact) mass is 355 g/mol. The van der Waals surface area contributed by atoms with Gasteiger partial charge in [-0.05, 0) is 61.7 Å². The van der Waals surface area contributed by atoms with E-state index in [1.165, 1.54) is 42.6 Å². The molecule has 0 saturated carbocycles. The van der Waals surface area contributed by atoms with Crippen LogP contribution in [0.25, 0.3) is 0 Å². The maximum Gasteiger partial charge on any atom is 0.123 e. The largest absolute Gasteiger partial charge is 0.496 e. The fraction of sp³-hybridized carbons (Fsp3) is 0.455. The Morgan fingerprint density at radius 1 is 0.885 bits per heavy atom. The molecule has 0 aromatic heterocycles. The van der Waals surface area contributed by atoms with Crippen LogP contribution in [-0.2, 0) is 17.7 Å². The van der Waals surface area contributed by atoms with E-state index in [0.717, 1.165) is 24.5 Å². The topological polar surface area (TPSA) is 30.9 Å². The van der Waals surface area contributed by atoms with E-state index >= 15 is 0 Å². The van der Waals surface area contributed by atoms with Crippen molar-refractivity contribution in [2.75, 3.05) is 40.5 Å². The van der Waals surface area contributed by atoms with Crippen molar-refractivity contribution in [3.8, 4) is 11.5 Å². The molecule has 4 nitrogen and oxygen atoms in total. The Morgan fingerprint density at radius 3 is 2.31 bits per heavy atom. The van der Waals surface area contributed by atoms with Crippen molar-refractivity contribution in [1.82, 2.24) is 4.90 Å². The highest BCUT2D eigenvalue weighted by Crippen LogP contribution is 2.25. The van der Waals surface area contributed by atoms with Gasteiger partial charge in [-0.15, -0.1) is 0 Å². The Bertz CT molecular complexity index is 678. The maximum atomic E-state index is 5.63. The van der Waals surface area contributed by atoms with Crippen molar-refractivity contribution in [1.29, 1.82) is 0 Å². The zero-order valence-corrected chi connectivity index (χ0v) is 15.9. The molecule has 0 spiro atoms. The number of methoxy groups -OCH3 is 2. The molecule has 0 N–H and O–H groups in total. The van der Waals surface area contributed by atoms with Gasteiger partial charge in [0.25, 0.3) is 0 Å². The lowest BCUT2D eigenvalue weighted by Gasteiger charge is -2.18. The first-order chi connectivity index (χ1) is 12.8. The van der Waals surface area contributed by atoms with Crippen LogP contribution in [0, 0.1) is 0 Å². The highest BCUT2D eigenvalue weighted by molar-refractivity contribution is 5.40. The molecule has 140 valence electrons. The summed E-state index contributed by atoms with van der Waals surface area (Å²) < 4.78 is 16.2. The second kappa shape index (κ2) is 9.60. The molecule has 0 amide bonds. The van der Waals surface area contributed by atoms with Gasteiger partial charge in [0.2, 0.25) is 0 Å². The van der Waals surface area contributed by atoms with E-state index in [1.807, 2.05) is 12.1 Å². The summed E-state index contributed by atoms with van der Waals surface area (Å²) in [5, 5.41) is 0. The van der Waals surface area contributed by atoms with Gasteiger partial charge in [0.05, 0.1) is 13.7 Å². The molecular formula is C22H29NO3. The lowest BCUT2D eigenvalue weighted by molar-refractivity contribution is 0.146. The molecule has 0 aliphatic carbocycles. The van der Waals surface area contributed by atoms with Crippen LogP contribution in [0.1, 0.15) is 29.5 Å². The first-order valence-corrected chi connectivity index (χ1v) is 9.37. The second-order valence-corrected chi connectivity index (χ2v) is 6.79. The number of ether oxygens (including phenoxy) is 3. The number of likely N-dealkylation sites (tertiary alicyclic amines) is 1. The molecule has 3 rings (SSSR count). The summed E-state index contributed by atoms with van der Waals surface area (Å²) in [4.78, 5) is 2.51. The van der Waals surface area contributed by atoms with E-state index in [9.17, 15) is 0 Å². The molecule has 2 aromatic rings. The molecule has 1 aliphatic rings. The number of benzene rings is 2. The number of nitrogens with zero attached hydrogens (tertiary/aromatic N) is 1. The summed E-state index contributed by atoms with van der Waals surface area (Å²) >= 11 is 0. The van der Waals surface area contributed by atoms with Gasteiger partial charge in [0, 0.05) is 19.2 Å². The molecule has 2 aromatic carbocycles. The SMILES string of the molecule is COCCOc1ccc(Cc2ccc(OC)c(CN3CCCC3)c2)cc1. The fourth-order valence-corrected chi connectivity index (χ4v) is 3.43. The minimum absolute atomic E-state index is 0.578. The molecule has 1 saturated heterocycles. The summed E-state index contributed by atoms with van der Waals surface area (Å²) in [6, 6.07) is 14.9. The van der Waals surface area contributed by atoms with Crippen molar-refractivity contribution in [3.05, 3.63) is 59.2 Å². The van der Waals surface area contributed by atoms with Gasteiger partial charge in [-0.3, -0.25) is 4.90 Å². The van der Waals surface area contributed by atoms with Gasteiger partial charge in [-0.2, -0.15) is 0 Å². The van der Waals surface area contributed by atoms with Crippen LogP contribution in [0.4, 0.5) is 0 Å². The third kappa shape index (κ3) is 5.23. The summed E-state index contributed by atoms with van der Waals surface area (Å²) in [5.41, 5.74) is 3.88. The summed E-state index contributed by atoms with van der Waals surface area (Å²) in [5.74, 6) is 1.87. The zero-order valence-electron chi connectivity index (χ0n) is 15.9. The van der Waals surface area contributed by atoms with Crippen molar-refractivity contribution >= 4 is 0 Å². The Labute approximate surface area is 156 Å². The Morgan fingerprint density at radius 2 is 1.62 bits per heavy atom. The van der Waals surface area contributed by atoms with Crippen LogP contribution in [-0.4, -0.2) is 45.4 Å². The van der Waals surface area contributed by atoms with E-state index in [-0.39, 0.29) is 0 Å². The number of hydrogen-bond donors (Lipinski definition) is 0. The van der Waals surface area contributed by atoms with Gasteiger partial charge in [0.1, 0.15) is 18.1 Å². The average molecular weight is 355 g/mol. The minimum atomic E-state index is 0.578. The third-order valence-electron chi connectivity index (χ3n) is 4.83. The normalized spacial score (nSPS) is 14.5. The zero-order chi connectivity index (χ0) is 18.2. The third-order valence-corrected chi connectivity index (χ3v) is 4.83. The molecule has 0 bridgehead atoms. The first-order valence-electron chi connectivity index (χ1n) is 9.37. The molecule has 0 radical (unpaired) electrons. The summed E-state index contributed by atoms with van der Waals surface area (Å²) in [7, 11) is 3.43. The molecule has 1 aliphatic heterocycles. The van der Waals surface area contributed by atoms with Gasteiger partial charge in [-0.25, -0.2) is 0 Å². The molecular weight excluding hydrogens is 326 g/mol. The maximum absolute atomic E-state index is 5.63. The van der Waals surface area contributed by atoms with E-state index in [1.54, 1.807) is 14.2 Å². The highest BCUT2D eigenvalue weighted by atomic mass is 16.5. The lowest BCUT2D eigenvalue weighted by Crippen LogP contribution is -2.18. The van der Waals surface area contributed by atoms with E-state index in [4.69, 9.17) is 14.2 Å². The van der Waals surface area contributed by atoms with Crippen molar-refractivity contribution in [3.63, 3.8) is 0 Å². The van der Waals surface area contributed by atoms with E-state index in [2.05, 4.69) is 35.2 Å². The number of rotatable bonds is 9. The molecule has 0 atom stereocenters. The van der Waals surface area contributed by atoms with Crippen LogP contribution in [0.5, 0.6) is 11.5 Å². The van der Waals surface area contributed by atoms with Gasteiger partial charge in [-0.1, -0.05) is 24.3 Å². The molecule has 4 heteroatoms. The second-order valence-electron chi connectivity index (χ2n) is 6.79. The standard InChI is InChI=1S/C22H29NO3/c1-24-13-14-26-21-8-5-18(6-9-21)15-19-7-10-22(25-2)20(16-19)17-23-11-3-4-12-23/h5-10,16H,3-4,11-15,17H2,1-2H3. The fourth-order valence-electron chi connectivity index (χ4n) is 3.43. The lowest BCUT2D eigenvalue weighted by atomic mass is 10.0. The Kier molecular flexibility index (Phi) is 6.92. The van der Waals surface area contributed by atoms with E-state index < -0.39 is 0 Å². The molecule has 26 heavy (non-hydrogen) atoms. The predicted molar refractivity (Wildman–Crippen MR) is 104 cm³/mol. The Balaban J connectivity index is 1.65. The number of hydrogen-bond acceptors (Lipinski definition) is 4. The smallest absolute Gasteiger partial charge is 0.123 e. The van der Waals surface area contributed by atoms with Crippen molar-refractivity contribution < 1.29 is 14.2 Å². The van der Waals surface area contributed by atoms with Crippen LogP contribution in [0.15, 0.2) is 42.5 Å². The van der Waals surface area contributed by atoms with Crippen molar-refractivity contribution in [2.24, 2.45) is 0 Å². The first kappa shape index (κ1) is 18.7. The van der Waals surface area contributed by atoms with Crippen LogP contribution < -0.4 is 9.47 Å². The van der Waals surface area contributed by atoms with Crippen LogP contribution >= 0.6 is 0 Å². The summed E-state index contributed by atoms with van der Waals surface area (Å²) in [6.07, 6.45) is 3.52. The van der Waals surface area contributed by atoms with Gasteiger partial charge >= 0.3 is 0 Å². The molecule has 0 unspecified atom stereocenters. The quantitative estimate of drug-likeness (QED) is 0.638. The van der Waals surface area contributed by atoms with E-state index in [0.29, 0.717) is 13.2 Å². The van der Waals surface area contributed by atoms with Gasteiger partial charge < -0.3 is 14.2 Å². The average Bonchev–Trinajstić information content (AvgIpc) is 3.17. The predicted octanol–water partition coefficient (Wildman–Crippen LogP) is 3.91. The Hall–Kier alpha value is -2.04. The van der Waals surface area contributed by atoms with Crippen molar-refractivity contribution in [2.45, 2.75) is 25.8 Å². The summed E-state index contributed by atoms with van der Waals surface area (Å²) in [6.45, 7) is 4.54. The van der Waals surface area contributed by atoms with Gasteiger partial charge in [0.15, 0.2) is 0 Å². The minimum Gasteiger partial charge on any atom is -0.496 e. The van der Waals surface area contributed by atoms with Crippen LogP contribution in [0.2, 0.25) is 0 Å². The van der Waals surface area contributed by atoms with Crippen LogP contribution in [0.3, 0.4) is 0 Å². The highest BCUT2D eigenvalue weighted by Gasteiger charge is 2.14. The molecule has 1 fully saturated rings. The molecule has 1 heterocycles.